The van der Waals surface area contributed by atoms with Crippen LogP contribution >= 0.6 is 0 Å². The Labute approximate surface area is 114 Å². The first-order chi connectivity index (χ1) is 9.33. The first-order valence-corrected chi connectivity index (χ1v) is 6.95. The molecule has 0 fully saturated rings. The lowest BCUT2D eigenvalue weighted by molar-refractivity contribution is 0.0691. The van der Waals surface area contributed by atoms with Crippen molar-refractivity contribution >= 4 is 21.8 Å². The van der Waals surface area contributed by atoms with Crippen LogP contribution in [-0.4, -0.2) is 29.7 Å². The Morgan fingerprint density at radius 3 is 2.60 bits per heavy atom. The van der Waals surface area contributed by atoms with E-state index in [9.17, 15) is 13.2 Å². The predicted octanol–water partition coefficient (Wildman–Crippen LogP) is 1.19. The fourth-order valence-electron chi connectivity index (χ4n) is 1.78. The van der Waals surface area contributed by atoms with Crippen LogP contribution < -0.4 is 4.72 Å². The van der Waals surface area contributed by atoms with Crippen LogP contribution in [0.5, 0.6) is 0 Å². The van der Waals surface area contributed by atoms with Crippen LogP contribution in [-0.2, 0) is 10.0 Å². The number of aromatic nitrogens is 2. The summed E-state index contributed by atoms with van der Waals surface area (Å²) >= 11 is 0. The molecule has 0 saturated carbocycles. The van der Waals surface area contributed by atoms with Gasteiger partial charge in [-0.2, -0.15) is 5.10 Å². The minimum atomic E-state index is -4.13. The highest BCUT2D eigenvalue weighted by molar-refractivity contribution is 7.92. The Balaban J connectivity index is 2.53. The molecule has 0 aliphatic carbocycles. The fraction of sp³-hybridized carbons (Fsp3) is 0.182. The Kier molecular flexibility index (Phi) is 3.45. The molecule has 0 radical (unpaired) electrons. The summed E-state index contributed by atoms with van der Waals surface area (Å²) in [6, 6.07) is 2.89. The van der Waals surface area contributed by atoms with Gasteiger partial charge in [0, 0.05) is 6.20 Å². The van der Waals surface area contributed by atoms with E-state index in [0.29, 0.717) is 0 Å². The summed E-state index contributed by atoms with van der Waals surface area (Å²) < 4.78 is 31.8. The normalized spacial score (nSPS) is 11.3. The molecular weight excluding hydrogens is 286 g/mol. The number of carboxylic acids is 1. The maximum atomic E-state index is 12.3. The molecule has 106 valence electrons. The highest BCUT2D eigenvalue weighted by atomic mass is 32.2. The van der Waals surface area contributed by atoms with Crippen molar-refractivity contribution in [2.45, 2.75) is 18.7 Å². The van der Waals surface area contributed by atoms with Crippen LogP contribution in [0.4, 0.5) is 5.82 Å². The van der Waals surface area contributed by atoms with Crippen molar-refractivity contribution < 1.29 is 22.7 Å². The Morgan fingerprint density at radius 1 is 1.35 bits per heavy atom. The van der Waals surface area contributed by atoms with E-state index in [2.05, 4.69) is 14.9 Å². The number of anilines is 1. The molecule has 2 aromatic heterocycles. The molecule has 0 spiro atoms. The zero-order valence-electron chi connectivity index (χ0n) is 10.6. The average Bonchev–Trinajstić information content (AvgIpc) is 2.65. The van der Waals surface area contributed by atoms with Crippen LogP contribution in [0.3, 0.4) is 0 Å². The Morgan fingerprint density at radius 2 is 2.05 bits per heavy atom. The Bertz CT molecular complexity index is 752. The average molecular weight is 297 g/mol. The van der Waals surface area contributed by atoms with E-state index in [-0.39, 0.29) is 22.9 Å². The maximum Gasteiger partial charge on any atom is 0.340 e. The summed E-state index contributed by atoms with van der Waals surface area (Å²) in [6.07, 6.45) is 1.38. The lowest BCUT2D eigenvalue weighted by Gasteiger charge is -2.06. The van der Waals surface area contributed by atoms with Gasteiger partial charge in [-0.25, -0.2) is 13.2 Å². The van der Waals surface area contributed by atoms with Crippen LogP contribution in [0.25, 0.3) is 0 Å². The van der Waals surface area contributed by atoms with Gasteiger partial charge < -0.3 is 9.52 Å². The molecule has 2 aromatic rings. The van der Waals surface area contributed by atoms with E-state index in [4.69, 9.17) is 9.52 Å². The van der Waals surface area contributed by atoms with E-state index >= 15 is 0 Å². The summed E-state index contributed by atoms with van der Waals surface area (Å²) in [5, 5.41) is 16.2. The molecule has 0 saturated heterocycles. The zero-order chi connectivity index (χ0) is 14.9. The van der Waals surface area contributed by atoms with Gasteiger partial charge in [0.15, 0.2) is 5.82 Å². The van der Waals surface area contributed by atoms with Gasteiger partial charge >= 0.3 is 5.97 Å². The maximum absolute atomic E-state index is 12.3. The number of carboxylic acid groups (broad SMARTS) is 1. The van der Waals surface area contributed by atoms with Crippen molar-refractivity contribution in [2.75, 3.05) is 4.72 Å². The first kappa shape index (κ1) is 14.0. The second-order valence-electron chi connectivity index (χ2n) is 3.94. The topological polar surface area (TPSA) is 122 Å². The van der Waals surface area contributed by atoms with E-state index < -0.39 is 20.9 Å². The molecule has 9 heteroatoms. The zero-order valence-corrected chi connectivity index (χ0v) is 11.4. The molecule has 0 aliphatic rings. The van der Waals surface area contributed by atoms with Crippen molar-refractivity contribution in [3.8, 4) is 0 Å². The molecule has 0 amide bonds. The third-order valence-corrected chi connectivity index (χ3v) is 4.01. The fourth-order valence-corrected chi connectivity index (χ4v) is 3.19. The molecule has 20 heavy (non-hydrogen) atoms. The minimum absolute atomic E-state index is 0.00343. The van der Waals surface area contributed by atoms with Crippen LogP contribution in [0.15, 0.2) is 27.6 Å². The molecule has 0 aromatic carbocycles. The van der Waals surface area contributed by atoms with Gasteiger partial charge in [-0.05, 0) is 26.0 Å². The van der Waals surface area contributed by atoms with Gasteiger partial charge in [0.05, 0.1) is 0 Å². The summed E-state index contributed by atoms with van der Waals surface area (Å²) in [5.74, 6) is -1.37. The molecule has 0 atom stereocenters. The van der Waals surface area contributed by atoms with Gasteiger partial charge in [-0.3, -0.25) is 4.72 Å². The molecule has 0 bridgehead atoms. The number of nitrogens with one attached hydrogen (secondary N) is 1. The number of sulfonamides is 1. The van der Waals surface area contributed by atoms with Crippen molar-refractivity contribution in [3.05, 3.63) is 35.4 Å². The van der Waals surface area contributed by atoms with Gasteiger partial charge in [0.2, 0.25) is 0 Å². The van der Waals surface area contributed by atoms with Gasteiger partial charge in [0.25, 0.3) is 10.0 Å². The quantitative estimate of drug-likeness (QED) is 0.868. The molecule has 0 unspecified atom stereocenters. The smallest absolute Gasteiger partial charge is 0.340 e. The third kappa shape index (κ3) is 2.48. The third-order valence-electron chi connectivity index (χ3n) is 2.50. The highest BCUT2D eigenvalue weighted by Crippen LogP contribution is 2.27. The van der Waals surface area contributed by atoms with Crippen molar-refractivity contribution in [1.29, 1.82) is 0 Å². The molecular formula is C11H11N3O5S. The molecule has 2 heterocycles. The number of carbonyl (C=O) groups is 1. The molecule has 2 N–H and O–H groups in total. The number of hydrogen-bond acceptors (Lipinski definition) is 6. The van der Waals surface area contributed by atoms with Crippen LogP contribution in [0.2, 0.25) is 0 Å². The van der Waals surface area contributed by atoms with Crippen molar-refractivity contribution in [1.82, 2.24) is 10.2 Å². The molecule has 2 rings (SSSR count). The van der Waals surface area contributed by atoms with Gasteiger partial charge in [0.1, 0.15) is 22.0 Å². The monoisotopic (exact) mass is 297 g/mol. The predicted molar refractivity (Wildman–Crippen MR) is 68.0 cm³/mol. The molecule has 8 nitrogen and oxygen atoms in total. The van der Waals surface area contributed by atoms with Crippen LogP contribution in [0, 0.1) is 13.8 Å². The van der Waals surface area contributed by atoms with E-state index in [1.54, 1.807) is 0 Å². The largest absolute Gasteiger partial charge is 0.478 e. The second-order valence-corrected chi connectivity index (χ2v) is 5.56. The van der Waals surface area contributed by atoms with Crippen molar-refractivity contribution in [2.24, 2.45) is 0 Å². The Hall–Kier alpha value is -2.42. The summed E-state index contributed by atoms with van der Waals surface area (Å²) in [7, 11) is -4.13. The standard InChI is InChI=1S/C11H11N3O5S/c1-6-9(11(15)16)10(7(2)19-6)20(17,18)14-8-4-3-5-12-13-8/h3-5H,1-2H3,(H,13,14)(H,15,16). The summed E-state index contributed by atoms with van der Waals surface area (Å²) in [5.41, 5.74) is -0.390. The minimum Gasteiger partial charge on any atom is -0.478 e. The summed E-state index contributed by atoms with van der Waals surface area (Å²) in [4.78, 5) is 10.8. The molecule has 0 aliphatic heterocycles. The second kappa shape index (κ2) is 4.93. The summed E-state index contributed by atoms with van der Waals surface area (Å²) in [6.45, 7) is 2.77. The lowest BCUT2D eigenvalue weighted by Crippen LogP contribution is -2.17. The van der Waals surface area contributed by atoms with E-state index in [1.807, 2.05) is 0 Å². The number of hydrogen-bond donors (Lipinski definition) is 2. The van der Waals surface area contributed by atoms with E-state index in [0.717, 1.165) is 0 Å². The SMILES string of the molecule is Cc1oc(C)c(S(=O)(=O)Nc2cccnn2)c1C(=O)O. The van der Waals surface area contributed by atoms with Crippen LogP contribution in [0.1, 0.15) is 21.9 Å². The van der Waals surface area contributed by atoms with E-state index in [1.165, 1.54) is 32.2 Å². The number of furan rings is 1. The number of aromatic carboxylic acids is 1. The first-order valence-electron chi connectivity index (χ1n) is 5.46. The van der Waals surface area contributed by atoms with Gasteiger partial charge in [-0.15, -0.1) is 5.10 Å². The van der Waals surface area contributed by atoms with Gasteiger partial charge in [-0.1, -0.05) is 0 Å². The lowest BCUT2D eigenvalue weighted by atomic mass is 10.2. The number of aryl methyl sites for hydroxylation is 2. The number of rotatable bonds is 4. The number of nitrogens with zero attached hydrogens (tertiary/aromatic N) is 2. The highest BCUT2D eigenvalue weighted by Gasteiger charge is 2.31. The van der Waals surface area contributed by atoms with Crippen molar-refractivity contribution in [3.63, 3.8) is 0 Å².